The molecule has 1 unspecified atom stereocenters. The number of aliphatic hydroxyl groups excluding tert-OH is 1. The third-order valence-electron chi connectivity index (χ3n) is 4.03. The fourth-order valence-corrected chi connectivity index (χ4v) is 3.79. The number of aryl methyl sites for hydroxylation is 1. The molecule has 5 nitrogen and oxygen atoms in total. The Labute approximate surface area is 135 Å². The first kappa shape index (κ1) is 14.2. The van der Waals surface area contributed by atoms with Crippen molar-refractivity contribution in [2.75, 3.05) is 0 Å². The van der Waals surface area contributed by atoms with Gasteiger partial charge in [0.2, 0.25) is 0 Å². The molecule has 0 radical (unpaired) electrons. The number of fused-ring (bicyclic) bond motifs is 3. The van der Waals surface area contributed by atoms with Gasteiger partial charge in [0.15, 0.2) is 5.65 Å². The maximum atomic E-state index is 12.1. The average Bonchev–Trinajstić information content (AvgIpc) is 3.14. The van der Waals surface area contributed by atoms with E-state index in [4.69, 9.17) is 0 Å². The third-order valence-corrected chi connectivity index (χ3v) is 5.34. The van der Waals surface area contributed by atoms with Crippen molar-refractivity contribution in [2.45, 2.75) is 20.0 Å². The summed E-state index contributed by atoms with van der Waals surface area (Å²) in [5.74, 6) is 0. The molecular weight excluding hydrogens is 310 g/mol. The summed E-state index contributed by atoms with van der Waals surface area (Å²) in [6, 6.07) is 11.9. The predicted molar refractivity (Wildman–Crippen MR) is 92.0 cm³/mol. The van der Waals surface area contributed by atoms with E-state index in [-0.39, 0.29) is 5.69 Å². The lowest BCUT2D eigenvalue weighted by atomic mass is 10.1. The molecular formula is C17H15N3O2S. The zero-order valence-electron chi connectivity index (χ0n) is 12.7. The Morgan fingerprint density at radius 2 is 2.09 bits per heavy atom. The third kappa shape index (κ3) is 2.18. The summed E-state index contributed by atoms with van der Waals surface area (Å²) >= 11 is 1.56. The predicted octanol–water partition coefficient (Wildman–Crippen LogP) is 3.27. The van der Waals surface area contributed by atoms with Gasteiger partial charge in [0, 0.05) is 15.1 Å². The van der Waals surface area contributed by atoms with Gasteiger partial charge in [0.1, 0.15) is 0 Å². The van der Waals surface area contributed by atoms with E-state index in [1.54, 1.807) is 22.7 Å². The summed E-state index contributed by atoms with van der Waals surface area (Å²) in [5.41, 5.74) is 3.32. The first-order valence-electron chi connectivity index (χ1n) is 7.33. The molecule has 116 valence electrons. The number of aromatic nitrogens is 3. The van der Waals surface area contributed by atoms with E-state index < -0.39 is 6.10 Å². The second kappa shape index (κ2) is 5.04. The molecule has 1 aromatic carbocycles. The van der Waals surface area contributed by atoms with E-state index in [1.165, 1.54) is 0 Å². The molecule has 1 atom stereocenters. The number of benzene rings is 1. The molecule has 3 aromatic heterocycles. The second-order valence-electron chi connectivity index (χ2n) is 5.66. The normalized spacial score (nSPS) is 13.0. The van der Waals surface area contributed by atoms with E-state index in [2.05, 4.69) is 10.2 Å². The number of nitrogens with one attached hydrogen (secondary N) is 1. The molecule has 23 heavy (non-hydrogen) atoms. The van der Waals surface area contributed by atoms with Crippen LogP contribution in [0.25, 0.3) is 27.0 Å². The number of hydrogen-bond donors (Lipinski definition) is 2. The number of pyridine rings is 1. The van der Waals surface area contributed by atoms with Crippen LogP contribution in [0.5, 0.6) is 0 Å². The number of thiophene rings is 1. The maximum Gasteiger partial charge on any atom is 0.348 e. The molecule has 0 saturated carbocycles. The highest BCUT2D eigenvalue weighted by atomic mass is 32.1. The Kier molecular flexibility index (Phi) is 3.11. The molecule has 6 heteroatoms. The van der Waals surface area contributed by atoms with Crippen LogP contribution in [0.4, 0.5) is 0 Å². The number of nitrogens with zero attached hydrogens (tertiary/aromatic N) is 2. The topological polar surface area (TPSA) is 70.4 Å². The second-order valence-corrected chi connectivity index (χ2v) is 6.77. The SMILES string of the molecule is Cc1cc2n[nH]c(=O)n2c2cc(-c3ccc(C(C)O)s3)ccc12. The van der Waals surface area contributed by atoms with Gasteiger partial charge in [-0.15, -0.1) is 11.3 Å². The van der Waals surface area contributed by atoms with Gasteiger partial charge in [-0.2, -0.15) is 5.10 Å². The van der Waals surface area contributed by atoms with Gasteiger partial charge >= 0.3 is 5.69 Å². The molecule has 0 fully saturated rings. The van der Waals surface area contributed by atoms with Gasteiger partial charge in [-0.3, -0.25) is 0 Å². The van der Waals surface area contributed by atoms with Gasteiger partial charge in [-0.1, -0.05) is 12.1 Å². The number of hydrogen-bond acceptors (Lipinski definition) is 4. The molecule has 2 N–H and O–H groups in total. The van der Waals surface area contributed by atoms with Crippen LogP contribution < -0.4 is 5.69 Å². The molecule has 0 bridgehead atoms. The molecule has 3 heterocycles. The van der Waals surface area contributed by atoms with E-state index in [9.17, 15) is 9.90 Å². The van der Waals surface area contributed by atoms with Crippen LogP contribution >= 0.6 is 11.3 Å². The van der Waals surface area contributed by atoms with Gasteiger partial charge in [-0.25, -0.2) is 14.3 Å². The summed E-state index contributed by atoms with van der Waals surface area (Å²) in [7, 11) is 0. The molecule has 0 saturated heterocycles. The van der Waals surface area contributed by atoms with E-state index in [0.717, 1.165) is 31.8 Å². The smallest absolute Gasteiger partial charge is 0.348 e. The van der Waals surface area contributed by atoms with Crippen LogP contribution in [0.2, 0.25) is 0 Å². The summed E-state index contributed by atoms with van der Waals surface area (Å²) < 4.78 is 1.59. The quantitative estimate of drug-likeness (QED) is 0.594. The van der Waals surface area contributed by atoms with Gasteiger partial charge < -0.3 is 5.11 Å². The Morgan fingerprint density at radius 1 is 1.26 bits per heavy atom. The van der Waals surface area contributed by atoms with Crippen LogP contribution in [0.1, 0.15) is 23.5 Å². The lowest BCUT2D eigenvalue weighted by Gasteiger charge is -2.07. The van der Waals surface area contributed by atoms with Crippen molar-refractivity contribution in [3.05, 3.63) is 57.3 Å². The zero-order valence-corrected chi connectivity index (χ0v) is 13.5. The molecule has 0 amide bonds. The monoisotopic (exact) mass is 325 g/mol. The first-order chi connectivity index (χ1) is 11.0. The molecule has 0 aliphatic rings. The number of H-pyrrole nitrogens is 1. The minimum absolute atomic E-state index is 0.238. The van der Waals surface area contributed by atoms with Crippen molar-refractivity contribution in [1.82, 2.24) is 14.6 Å². The molecule has 0 spiro atoms. The average molecular weight is 325 g/mol. The molecule has 4 aromatic rings. The maximum absolute atomic E-state index is 12.1. The zero-order chi connectivity index (χ0) is 16.1. The highest BCUT2D eigenvalue weighted by Gasteiger charge is 2.11. The standard InChI is InChI=1S/C17H15N3O2S/c1-9-7-16-18-19-17(22)20(16)13-8-11(3-4-12(9)13)15-6-5-14(23-15)10(2)21/h3-8,10,21H,1-2H3,(H,19,22). The summed E-state index contributed by atoms with van der Waals surface area (Å²) in [6.45, 7) is 3.77. The van der Waals surface area contributed by atoms with Crippen LogP contribution in [-0.2, 0) is 0 Å². The van der Waals surface area contributed by atoms with Crippen LogP contribution in [-0.4, -0.2) is 19.7 Å². The fraction of sp³-hybridized carbons (Fsp3) is 0.176. The molecule has 0 aliphatic heterocycles. The van der Waals surface area contributed by atoms with E-state index >= 15 is 0 Å². The van der Waals surface area contributed by atoms with Crippen molar-refractivity contribution in [3.8, 4) is 10.4 Å². The Bertz CT molecular complexity index is 1090. The largest absolute Gasteiger partial charge is 0.388 e. The van der Waals surface area contributed by atoms with Crippen LogP contribution in [0, 0.1) is 6.92 Å². The van der Waals surface area contributed by atoms with Crippen molar-refractivity contribution in [2.24, 2.45) is 0 Å². The minimum atomic E-state index is -0.473. The van der Waals surface area contributed by atoms with Crippen molar-refractivity contribution >= 4 is 27.9 Å². The Balaban J connectivity index is 2.00. The lowest BCUT2D eigenvalue weighted by Crippen LogP contribution is -2.10. The van der Waals surface area contributed by atoms with E-state index in [1.807, 2.05) is 43.3 Å². The van der Waals surface area contributed by atoms with Gasteiger partial charge in [-0.05, 0) is 49.2 Å². The summed E-state index contributed by atoms with van der Waals surface area (Å²) in [4.78, 5) is 14.0. The molecule has 0 aliphatic carbocycles. The lowest BCUT2D eigenvalue weighted by molar-refractivity contribution is 0.203. The minimum Gasteiger partial charge on any atom is -0.388 e. The van der Waals surface area contributed by atoms with E-state index in [0.29, 0.717) is 5.65 Å². The van der Waals surface area contributed by atoms with Crippen molar-refractivity contribution in [1.29, 1.82) is 0 Å². The first-order valence-corrected chi connectivity index (χ1v) is 8.15. The van der Waals surface area contributed by atoms with Crippen molar-refractivity contribution < 1.29 is 5.11 Å². The Morgan fingerprint density at radius 3 is 2.83 bits per heavy atom. The van der Waals surface area contributed by atoms with Crippen LogP contribution in [0.15, 0.2) is 41.2 Å². The summed E-state index contributed by atoms with van der Waals surface area (Å²) in [5, 5.41) is 17.3. The van der Waals surface area contributed by atoms with Gasteiger partial charge in [0.05, 0.1) is 11.6 Å². The van der Waals surface area contributed by atoms with Crippen molar-refractivity contribution in [3.63, 3.8) is 0 Å². The highest BCUT2D eigenvalue weighted by Crippen LogP contribution is 2.33. The van der Waals surface area contributed by atoms with Crippen LogP contribution in [0.3, 0.4) is 0 Å². The number of rotatable bonds is 2. The number of aliphatic hydroxyl groups is 1. The fourth-order valence-electron chi connectivity index (χ4n) is 2.85. The highest BCUT2D eigenvalue weighted by molar-refractivity contribution is 7.15. The van der Waals surface area contributed by atoms with Gasteiger partial charge in [0.25, 0.3) is 0 Å². The number of aromatic amines is 1. The molecule has 4 rings (SSSR count). The Hall–Kier alpha value is -2.44. The summed E-state index contributed by atoms with van der Waals surface area (Å²) in [6.07, 6.45) is -0.473.